The zero-order chi connectivity index (χ0) is 12.4. The van der Waals surface area contributed by atoms with Crippen LogP contribution in [0, 0.1) is 6.92 Å². The van der Waals surface area contributed by atoms with E-state index in [9.17, 15) is 4.79 Å². The lowest BCUT2D eigenvalue weighted by Crippen LogP contribution is -2.44. The topological polar surface area (TPSA) is 72.3 Å². The fourth-order valence-corrected chi connectivity index (χ4v) is 3.65. The minimum absolute atomic E-state index is 0.134. The zero-order valence-corrected chi connectivity index (χ0v) is 10.9. The molecule has 0 aromatic carbocycles. The Bertz CT molecular complexity index is 404. The third-order valence-corrected chi connectivity index (χ3v) is 4.57. The summed E-state index contributed by atoms with van der Waals surface area (Å²) in [7, 11) is 0. The molecule has 2 unspecified atom stereocenters. The Hall–Kier alpha value is -0.910. The third-order valence-electron chi connectivity index (χ3n) is 3.45. The Labute approximate surface area is 106 Å². The van der Waals surface area contributed by atoms with Crippen LogP contribution in [0.25, 0.3) is 0 Å². The summed E-state index contributed by atoms with van der Waals surface area (Å²) in [5, 5.41) is 2.07. The van der Waals surface area contributed by atoms with Crippen molar-refractivity contribution in [2.24, 2.45) is 11.5 Å². The van der Waals surface area contributed by atoms with Gasteiger partial charge in [-0.25, -0.2) is 0 Å². The van der Waals surface area contributed by atoms with Crippen LogP contribution >= 0.6 is 11.3 Å². The number of amides is 1. The largest absolute Gasteiger partial charge is 0.368 e. The monoisotopic (exact) mass is 253 g/mol. The first-order valence-electron chi connectivity index (χ1n) is 5.94. The number of nitrogens with two attached hydrogens (primary N) is 2. The summed E-state index contributed by atoms with van der Waals surface area (Å²) in [6.07, 6.45) is 1.88. The Morgan fingerprint density at radius 3 is 3.00 bits per heavy atom. The highest BCUT2D eigenvalue weighted by Gasteiger charge is 2.35. The smallest absolute Gasteiger partial charge is 0.234 e. The highest BCUT2D eigenvalue weighted by atomic mass is 32.1. The van der Waals surface area contributed by atoms with Gasteiger partial charge >= 0.3 is 0 Å². The van der Waals surface area contributed by atoms with E-state index in [-0.39, 0.29) is 18.0 Å². The molecule has 1 fully saturated rings. The van der Waals surface area contributed by atoms with E-state index in [1.165, 1.54) is 10.4 Å². The zero-order valence-electron chi connectivity index (χ0n) is 10.1. The average Bonchev–Trinajstić information content (AvgIpc) is 2.90. The second kappa shape index (κ2) is 5.16. The normalized spacial score (nSPS) is 22.8. The molecule has 2 atom stereocenters. The quantitative estimate of drug-likeness (QED) is 0.841. The summed E-state index contributed by atoms with van der Waals surface area (Å²) < 4.78 is 0. The molecule has 1 aliphatic rings. The number of thiophene rings is 1. The van der Waals surface area contributed by atoms with Gasteiger partial charge in [-0.3, -0.25) is 9.69 Å². The molecule has 1 amide bonds. The van der Waals surface area contributed by atoms with E-state index < -0.39 is 0 Å². The van der Waals surface area contributed by atoms with Crippen molar-refractivity contribution in [2.75, 3.05) is 13.1 Å². The van der Waals surface area contributed by atoms with Crippen LogP contribution in [0.15, 0.2) is 11.4 Å². The number of carbonyl (C=O) groups is 1. The first-order valence-corrected chi connectivity index (χ1v) is 6.82. The van der Waals surface area contributed by atoms with Crippen LogP contribution in [-0.4, -0.2) is 29.9 Å². The van der Waals surface area contributed by atoms with Gasteiger partial charge in [-0.2, -0.15) is 0 Å². The molecule has 0 saturated carbocycles. The fourth-order valence-electron chi connectivity index (χ4n) is 2.59. The molecule has 2 rings (SSSR count). The molecule has 4 nitrogen and oxygen atoms in total. The molecule has 1 aromatic heterocycles. The van der Waals surface area contributed by atoms with Crippen LogP contribution in [-0.2, 0) is 4.79 Å². The Morgan fingerprint density at radius 2 is 2.47 bits per heavy atom. The summed E-state index contributed by atoms with van der Waals surface area (Å²) >= 11 is 1.71. The van der Waals surface area contributed by atoms with Gasteiger partial charge in [0.05, 0.1) is 12.1 Å². The summed E-state index contributed by atoms with van der Waals surface area (Å²) in [5.74, 6) is -0.227. The number of hydrogen-bond donors (Lipinski definition) is 2. The summed E-state index contributed by atoms with van der Waals surface area (Å²) in [6, 6.07) is 2.08. The lowest BCUT2D eigenvalue weighted by atomic mass is 10.1. The van der Waals surface area contributed by atoms with Gasteiger partial charge in [-0.05, 0) is 43.3 Å². The van der Waals surface area contributed by atoms with E-state index in [1.807, 2.05) is 0 Å². The molecule has 0 aliphatic carbocycles. The van der Waals surface area contributed by atoms with Gasteiger partial charge in [0.15, 0.2) is 0 Å². The minimum atomic E-state index is -0.227. The van der Waals surface area contributed by atoms with E-state index in [4.69, 9.17) is 11.5 Å². The molecule has 1 aromatic rings. The molecule has 17 heavy (non-hydrogen) atoms. The molecule has 0 radical (unpaired) electrons. The van der Waals surface area contributed by atoms with Gasteiger partial charge in [0.1, 0.15) is 0 Å². The highest BCUT2D eigenvalue weighted by molar-refractivity contribution is 7.10. The number of carbonyl (C=O) groups excluding carboxylic acids is 1. The number of likely N-dealkylation sites (tertiary alicyclic amines) is 1. The number of nitrogens with zero attached hydrogens (tertiary/aromatic N) is 1. The van der Waals surface area contributed by atoms with Crippen LogP contribution in [0.1, 0.15) is 29.3 Å². The van der Waals surface area contributed by atoms with Gasteiger partial charge in [0, 0.05) is 11.4 Å². The third kappa shape index (κ3) is 2.36. The Kier molecular flexibility index (Phi) is 3.81. The molecule has 5 heteroatoms. The van der Waals surface area contributed by atoms with Crippen molar-refractivity contribution >= 4 is 17.2 Å². The van der Waals surface area contributed by atoms with Crippen LogP contribution in [0.5, 0.6) is 0 Å². The fraction of sp³-hybridized carbons (Fsp3) is 0.583. The Morgan fingerprint density at radius 1 is 1.71 bits per heavy atom. The van der Waals surface area contributed by atoms with Crippen LogP contribution in [0.2, 0.25) is 0 Å². The second-order valence-electron chi connectivity index (χ2n) is 4.52. The van der Waals surface area contributed by atoms with Gasteiger partial charge < -0.3 is 11.5 Å². The molecule has 94 valence electrons. The standard InChI is InChI=1S/C12H19N3OS/c1-8-4-6-17-11(8)10(7-13)15-5-2-3-9(15)12(14)16/h4,6,9-10H,2-3,5,7,13H2,1H3,(H2,14,16). The van der Waals surface area contributed by atoms with Gasteiger partial charge in [0.25, 0.3) is 0 Å². The van der Waals surface area contributed by atoms with E-state index in [0.717, 1.165) is 19.4 Å². The number of rotatable bonds is 4. The first-order chi connectivity index (χ1) is 8.15. The predicted octanol–water partition coefficient (Wildman–Crippen LogP) is 1.01. The van der Waals surface area contributed by atoms with E-state index in [2.05, 4.69) is 23.3 Å². The molecule has 1 aliphatic heterocycles. The van der Waals surface area contributed by atoms with E-state index in [1.54, 1.807) is 11.3 Å². The van der Waals surface area contributed by atoms with Crippen LogP contribution in [0.4, 0.5) is 0 Å². The first kappa shape index (κ1) is 12.5. The maximum atomic E-state index is 11.4. The van der Waals surface area contributed by atoms with E-state index >= 15 is 0 Å². The van der Waals surface area contributed by atoms with Crippen LogP contribution in [0.3, 0.4) is 0 Å². The van der Waals surface area contributed by atoms with Crippen molar-refractivity contribution in [3.8, 4) is 0 Å². The van der Waals surface area contributed by atoms with Crippen molar-refractivity contribution < 1.29 is 4.79 Å². The highest BCUT2D eigenvalue weighted by Crippen LogP contribution is 2.33. The summed E-state index contributed by atoms with van der Waals surface area (Å²) in [4.78, 5) is 14.9. The molecule has 2 heterocycles. The van der Waals surface area contributed by atoms with Crippen molar-refractivity contribution in [1.82, 2.24) is 4.90 Å². The van der Waals surface area contributed by atoms with Gasteiger partial charge in [-0.1, -0.05) is 0 Å². The summed E-state index contributed by atoms with van der Waals surface area (Å²) in [6.45, 7) is 3.53. The van der Waals surface area contributed by atoms with Gasteiger partial charge in [-0.15, -0.1) is 11.3 Å². The van der Waals surface area contributed by atoms with Gasteiger partial charge in [0.2, 0.25) is 5.91 Å². The lowest BCUT2D eigenvalue weighted by Gasteiger charge is -2.30. The lowest BCUT2D eigenvalue weighted by molar-refractivity contribution is -0.122. The number of primary amides is 1. The average molecular weight is 253 g/mol. The maximum Gasteiger partial charge on any atom is 0.234 e. The van der Waals surface area contributed by atoms with E-state index in [0.29, 0.717) is 6.54 Å². The van der Waals surface area contributed by atoms with Crippen LogP contribution < -0.4 is 11.5 Å². The molecule has 0 spiro atoms. The number of hydrogen-bond acceptors (Lipinski definition) is 4. The SMILES string of the molecule is Cc1ccsc1C(CN)N1CCCC1C(N)=O. The summed E-state index contributed by atoms with van der Waals surface area (Å²) in [5.41, 5.74) is 12.6. The predicted molar refractivity (Wildman–Crippen MR) is 69.8 cm³/mol. The second-order valence-corrected chi connectivity index (χ2v) is 5.47. The van der Waals surface area contributed by atoms with Crippen molar-refractivity contribution in [2.45, 2.75) is 31.8 Å². The van der Waals surface area contributed by atoms with Crippen molar-refractivity contribution in [3.63, 3.8) is 0 Å². The van der Waals surface area contributed by atoms with Crippen molar-refractivity contribution in [3.05, 3.63) is 21.9 Å². The molecular weight excluding hydrogens is 234 g/mol. The molecule has 1 saturated heterocycles. The number of aryl methyl sites for hydroxylation is 1. The molecule has 4 N–H and O–H groups in total. The maximum absolute atomic E-state index is 11.4. The molecule has 0 bridgehead atoms. The minimum Gasteiger partial charge on any atom is -0.368 e. The van der Waals surface area contributed by atoms with Crippen molar-refractivity contribution in [1.29, 1.82) is 0 Å². The Balaban J connectivity index is 2.24. The molecular formula is C12H19N3OS.